The molecule has 2 aliphatic heterocycles. The minimum absolute atomic E-state index is 0.0128. The molecule has 1 aromatic heterocycles. The molecule has 0 aliphatic carbocycles. The zero-order valence-electron chi connectivity index (χ0n) is 16.2. The molecule has 29 heavy (non-hydrogen) atoms. The Kier molecular flexibility index (Phi) is 5.77. The zero-order chi connectivity index (χ0) is 20.4. The average Bonchev–Trinajstić information content (AvgIpc) is 3.33. The van der Waals surface area contributed by atoms with Crippen molar-refractivity contribution >= 4 is 22.9 Å². The number of nitrogens with one attached hydrogen (secondary N) is 1. The monoisotopic (exact) mass is 405 g/mol. The van der Waals surface area contributed by atoms with Gasteiger partial charge in [-0.3, -0.25) is 4.79 Å². The van der Waals surface area contributed by atoms with Crippen LogP contribution in [-0.2, 0) is 25.6 Å². The molecular formula is C20H24FN3O5. The van der Waals surface area contributed by atoms with E-state index in [0.717, 1.165) is 0 Å². The second kappa shape index (κ2) is 8.46. The quantitative estimate of drug-likeness (QED) is 0.763. The normalized spacial score (nSPS) is 22.9. The van der Waals surface area contributed by atoms with E-state index in [1.807, 2.05) is 0 Å². The molecule has 156 valence electrons. The van der Waals surface area contributed by atoms with E-state index in [2.05, 4.69) is 9.97 Å². The number of methoxy groups -OCH3 is 1. The number of carbonyl (C=O) groups is 2. The summed E-state index contributed by atoms with van der Waals surface area (Å²) in [6.07, 6.45) is -0.541. The van der Waals surface area contributed by atoms with Crippen molar-refractivity contribution in [2.75, 3.05) is 33.4 Å². The van der Waals surface area contributed by atoms with Gasteiger partial charge in [0.15, 0.2) is 0 Å². The highest BCUT2D eigenvalue weighted by atomic mass is 19.1. The molecule has 2 saturated heterocycles. The van der Waals surface area contributed by atoms with Crippen molar-refractivity contribution in [3.8, 4) is 0 Å². The maximum atomic E-state index is 14.4. The predicted molar refractivity (Wildman–Crippen MR) is 101 cm³/mol. The van der Waals surface area contributed by atoms with E-state index in [4.69, 9.17) is 14.2 Å². The number of aromatic nitrogens is 2. The minimum atomic E-state index is -1.23. The Labute approximate surface area is 167 Å². The first kappa shape index (κ1) is 19.8. The second-order valence-corrected chi connectivity index (χ2v) is 7.40. The molecule has 2 unspecified atom stereocenters. The molecule has 0 spiro atoms. The van der Waals surface area contributed by atoms with Crippen LogP contribution in [0.25, 0.3) is 11.0 Å². The van der Waals surface area contributed by atoms with E-state index in [0.29, 0.717) is 48.5 Å². The number of aromatic amines is 1. The first-order valence-electron chi connectivity index (χ1n) is 9.74. The van der Waals surface area contributed by atoms with E-state index in [9.17, 15) is 14.0 Å². The summed E-state index contributed by atoms with van der Waals surface area (Å²) in [6, 6.07) is 5.00. The van der Waals surface area contributed by atoms with Gasteiger partial charge < -0.3 is 24.1 Å². The Morgan fingerprint density at radius 3 is 2.86 bits per heavy atom. The molecule has 2 aliphatic rings. The number of alkyl halides is 1. The van der Waals surface area contributed by atoms with E-state index in [-0.39, 0.29) is 31.5 Å². The predicted octanol–water partition coefficient (Wildman–Crippen LogP) is 1.84. The first-order chi connectivity index (χ1) is 14.0. The number of benzene rings is 1. The standard InChI is InChI=1S/C20H24FN3O5/c1-27-20(26)13-2-3-15-16(8-13)23-18(22-15)11-29-17-10-24(9-14(17)21)19(25)12-4-6-28-7-5-12/h2-3,8,12,14,17H,4-7,9-11H2,1H3,(H,22,23). The van der Waals surface area contributed by atoms with Gasteiger partial charge in [0, 0.05) is 25.7 Å². The Hall–Kier alpha value is -2.52. The third-order valence-corrected chi connectivity index (χ3v) is 5.47. The fraction of sp³-hybridized carbons (Fsp3) is 0.550. The summed E-state index contributed by atoms with van der Waals surface area (Å²) in [4.78, 5) is 33.3. The number of amides is 1. The number of esters is 1. The zero-order valence-corrected chi connectivity index (χ0v) is 16.2. The van der Waals surface area contributed by atoms with Crippen molar-refractivity contribution in [2.45, 2.75) is 31.7 Å². The molecule has 4 rings (SSSR count). The molecule has 2 aromatic rings. The van der Waals surface area contributed by atoms with Crippen molar-refractivity contribution in [3.05, 3.63) is 29.6 Å². The minimum Gasteiger partial charge on any atom is -0.465 e. The van der Waals surface area contributed by atoms with Crippen LogP contribution < -0.4 is 0 Å². The third kappa shape index (κ3) is 4.25. The molecule has 3 heterocycles. The van der Waals surface area contributed by atoms with Crippen LogP contribution in [-0.4, -0.2) is 72.4 Å². The van der Waals surface area contributed by atoms with Crippen LogP contribution in [0, 0.1) is 5.92 Å². The average molecular weight is 405 g/mol. The van der Waals surface area contributed by atoms with Crippen molar-refractivity contribution in [1.29, 1.82) is 0 Å². The van der Waals surface area contributed by atoms with Gasteiger partial charge in [0.05, 0.1) is 30.3 Å². The Morgan fingerprint density at radius 1 is 1.31 bits per heavy atom. The van der Waals surface area contributed by atoms with Gasteiger partial charge in [-0.1, -0.05) is 0 Å². The van der Waals surface area contributed by atoms with Crippen LogP contribution in [0.4, 0.5) is 4.39 Å². The Balaban J connectivity index is 1.36. The molecule has 9 heteroatoms. The number of fused-ring (bicyclic) bond motifs is 1. The number of halogens is 1. The molecule has 1 N–H and O–H groups in total. The van der Waals surface area contributed by atoms with Crippen LogP contribution in [0.15, 0.2) is 18.2 Å². The third-order valence-electron chi connectivity index (χ3n) is 5.47. The maximum Gasteiger partial charge on any atom is 0.337 e. The number of imidazole rings is 1. The van der Waals surface area contributed by atoms with Gasteiger partial charge in [0.2, 0.25) is 5.91 Å². The van der Waals surface area contributed by atoms with Crippen LogP contribution in [0.5, 0.6) is 0 Å². The van der Waals surface area contributed by atoms with Crippen LogP contribution in [0.1, 0.15) is 29.0 Å². The Bertz CT molecular complexity index is 895. The SMILES string of the molecule is COC(=O)c1ccc2nc(COC3CN(C(=O)C4CCOCC4)CC3F)[nH]c2c1. The number of rotatable bonds is 5. The molecule has 1 amide bonds. The molecule has 2 atom stereocenters. The van der Waals surface area contributed by atoms with E-state index < -0.39 is 18.2 Å². The summed E-state index contributed by atoms with van der Waals surface area (Å²) in [7, 11) is 1.32. The number of nitrogens with zero attached hydrogens (tertiary/aromatic N) is 2. The van der Waals surface area contributed by atoms with Gasteiger partial charge in [-0.25, -0.2) is 14.2 Å². The van der Waals surface area contributed by atoms with Gasteiger partial charge in [0.1, 0.15) is 24.7 Å². The highest BCUT2D eigenvalue weighted by molar-refractivity contribution is 5.93. The molecule has 2 fully saturated rings. The summed E-state index contributed by atoms with van der Waals surface area (Å²) in [5.74, 6) is -0.00144. The number of ether oxygens (including phenoxy) is 3. The smallest absolute Gasteiger partial charge is 0.337 e. The lowest BCUT2D eigenvalue weighted by molar-refractivity contribution is -0.138. The molecule has 1 aromatic carbocycles. The van der Waals surface area contributed by atoms with Gasteiger partial charge in [-0.2, -0.15) is 0 Å². The Morgan fingerprint density at radius 2 is 2.10 bits per heavy atom. The lowest BCUT2D eigenvalue weighted by atomic mass is 9.99. The molecule has 8 nitrogen and oxygen atoms in total. The molecule has 0 radical (unpaired) electrons. The topological polar surface area (TPSA) is 93.8 Å². The van der Waals surface area contributed by atoms with Crippen molar-refractivity contribution < 1.29 is 28.2 Å². The van der Waals surface area contributed by atoms with Crippen molar-refractivity contribution in [3.63, 3.8) is 0 Å². The fourth-order valence-electron chi connectivity index (χ4n) is 3.84. The van der Waals surface area contributed by atoms with Gasteiger partial charge in [-0.05, 0) is 31.0 Å². The first-order valence-corrected chi connectivity index (χ1v) is 9.74. The summed E-state index contributed by atoms with van der Waals surface area (Å²) < 4.78 is 30.1. The molecule has 0 saturated carbocycles. The van der Waals surface area contributed by atoms with Crippen LogP contribution in [0.2, 0.25) is 0 Å². The van der Waals surface area contributed by atoms with Crippen LogP contribution >= 0.6 is 0 Å². The van der Waals surface area contributed by atoms with Crippen molar-refractivity contribution in [2.24, 2.45) is 5.92 Å². The van der Waals surface area contributed by atoms with Crippen molar-refractivity contribution in [1.82, 2.24) is 14.9 Å². The van der Waals surface area contributed by atoms with E-state index in [1.165, 1.54) is 7.11 Å². The number of likely N-dealkylation sites (tertiary alicyclic amines) is 1. The van der Waals surface area contributed by atoms with Crippen LogP contribution in [0.3, 0.4) is 0 Å². The summed E-state index contributed by atoms with van der Waals surface area (Å²) in [6.45, 7) is 1.54. The highest BCUT2D eigenvalue weighted by Crippen LogP contribution is 2.24. The number of hydrogen-bond acceptors (Lipinski definition) is 6. The highest BCUT2D eigenvalue weighted by Gasteiger charge is 2.38. The summed E-state index contributed by atoms with van der Waals surface area (Å²) >= 11 is 0. The second-order valence-electron chi connectivity index (χ2n) is 7.40. The number of H-pyrrole nitrogens is 1. The van der Waals surface area contributed by atoms with Gasteiger partial charge >= 0.3 is 5.97 Å². The number of carbonyl (C=O) groups excluding carboxylic acids is 2. The maximum absolute atomic E-state index is 14.4. The molecular weight excluding hydrogens is 381 g/mol. The lowest BCUT2D eigenvalue weighted by Crippen LogP contribution is -2.37. The molecule has 0 bridgehead atoms. The summed E-state index contributed by atoms with van der Waals surface area (Å²) in [5.41, 5.74) is 1.76. The van der Waals surface area contributed by atoms with Gasteiger partial charge in [-0.15, -0.1) is 0 Å². The largest absolute Gasteiger partial charge is 0.465 e. The summed E-state index contributed by atoms with van der Waals surface area (Å²) in [5, 5.41) is 0. The lowest BCUT2D eigenvalue weighted by Gasteiger charge is -2.26. The van der Waals surface area contributed by atoms with Gasteiger partial charge in [0.25, 0.3) is 0 Å². The van der Waals surface area contributed by atoms with E-state index >= 15 is 0 Å². The van der Waals surface area contributed by atoms with E-state index in [1.54, 1.807) is 23.1 Å². The number of hydrogen-bond donors (Lipinski definition) is 1. The fourth-order valence-corrected chi connectivity index (χ4v) is 3.84.